The number of carboxylic acid groups (broad SMARTS) is 1. The third kappa shape index (κ3) is 7.59. The van der Waals surface area contributed by atoms with E-state index in [1.165, 1.54) is 40.2 Å². The maximum atomic E-state index is 13.6. The van der Waals surface area contributed by atoms with Crippen molar-refractivity contribution in [2.75, 3.05) is 16.4 Å². The van der Waals surface area contributed by atoms with Gasteiger partial charge in [0.1, 0.15) is 29.5 Å². The number of rotatable bonds is 10. The van der Waals surface area contributed by atoms with Gasteiger partial charge >= 0.3 is 18.0 Å². The van der Waals surface area contributed by atoms with Gasteiger partial charge in [-0.05, 0) is 65.6 Å². The molecule has 3 heterocycles. The van der Waals surface area contributed by atoms with Crippen molar-refractivity contribution < 1.29 is 43.3 Å². The lowest BCUT2D eigenvalue weighted by molar-refractivity contribution is -0.150. The second-order valence-electron chi connectivity index (χ2n) is 12.5. The summed E-state index contributed by atoms with van der Waals surface area (Å²) < 4.78 is 17.0. The van der Waals surface area contributed by atoms with Crippen LogP contribution < -0.4 is 19.7 Å². The van der Waals surface area contributed by atoms with Gasteiger partial charge in [-0.2, -0.15) is 0 Å². The van der Waals surface area contributed by atoms with E-state index in [1.807, 2.05) is 67.6 Å². The predicted octanol–water partition coefficient (Wildman–Crippen LogP) is 6.57. The van der Waals surface area contributed by atoms with Crippen molar-refractivity contribution >= 4 is 64.7 Å². The molecule has 0 unspecified atom stereocenters. The van der Waals surface area contributed by atoms with Gasteiger partial charge in [-0.15, -0.1) is 23.5 Å². The summed E-state index contributed by atoms with van der Waals surface area (Å²) in [5.41, 5.74) is 4.00. The molecule has 3 aliphatic heterocycles. The van der Waals surface area contributed by atoms with Crippen LogP contribution in [0.3, 0.4) is 0 Å². The Morgan fingerprint density at radius 2 is 1.66 bits per heavy atom. The van der Waals surface area contributed by atoms with Crippen molar-refractivity contribution in [3.63, 3.8) is 0 Å². The molecular formula is C39H33N3O9S2. The minimum atomic E-state index is -1.18. The summed E-state index contributed by atoms with van der Waals surface area (Å²) in [6.07, 6.45) is -0.497. The topological polar surface area (TPSA) is 152 Å². The summed E-state index contributed by atoms with van der Waals surface area (Å²) in [7, 11) is 0. The third-order valence-corrected chi connectivity index (χ3v) is 11.1. The molecule has 2 N–H and O–H groups in total. The van der Waals surface area contributed by atoms with Gasteiger partial charge in [0, 0.05) is 29.4 Å². The second kappa shape index (κ2) is 15.1. The summed E-state index contributed by atoms with van der Waals surface area (Å²) in [5, 5.41) is 12.4. The van der Waals surface area contributed by atoms with Crippen LogP contribution in [0.4, 0.5) is 16.2 Å². The molecular weight excluding hydrogens is 719 g/mol. The number of carbonyl (C=O) groups is 5. The molecule has 0 bridgehead atoms. The zero-order valence-corrected chi connectivity index (χ0v) is 30.2. The lowest BCUT2D eigenvalue weighted by Gasteiger charge is -2.49. The van der Waals surface area contributed by atoms with Crippen LogP contribution in [-0.2, 0) is 36.9 Å². The van der Waals surface area contributed by atoms with E-state index in [4.69, 9.17) is 14.2 Å². The average Bonchev–Trinajstić information content (AvgIpc) is 3.14. The highest BCUT2D eigenvalue weighted by atomic mass is 32.2. The lowest BCUT2D eigenvalue weighted by atomic mass is 10.0. The molecule has 12 nitrogen and oxygen atoms in total. The number of carboxylic acids is 1. The molecule has 3 aliphatic rings. The number of hydrogen-bond donors (Lipinski definition) is 2. The van der Waals surface area contributed by atoms with Crippen LogP contribution in [0.5, 0.6) is 17.2 Å². The summed E-state index contributed by atoms with van der Waals surface area (Å²) in [6.45, 7) is 3.19. The first kappa shape index (κ1) is 35.7. The fraction of sp³-hybridized carbons (Fsp3) is 0.205. The summed E-state index contributed by atoms with van der Waals surface area (Å²) in [4.78, 5) is 66.7. The maximum Gasteiger partial charge on any atom is 0.419 e. The summed E-state index contributed by atoms with van der Waals surface area (Å²) in [5.74, 6) is -0.583. The number of aryl methyl sites for hydroxylation is 1. The van der Waals surface area contributed by atoms with Crippen molar-refractivity contribution in [3.8, 4) is 17.2 Å². The van der Waals surface area contributed by atoms with E-state index in [2.05, 4.69) is 5.32 Å². The number of esters is 1. The molecule has 0 aliphatic carbocycles. The average molecular weight is 752 g/mol. The molecule has 3 amide bonds. The number of hydrogen-bond acceptors (Lipinski definition) is 10. The fourth-order valence-corrected chi connectivity index (χ4v) is 8.57. The van der Waals surface area contributed by atoms with Crippen molar-refractivity contribution in [2.45, 2.75) is 43.2 Å². The van der Waals surface area contributed by atoms with Gasteiger partial charge in [0.25, 0.3) is 5.91 Å². The van der Waals surface area contributed by atoms with E-state index >= 15 is 0 Å². The molecule has 4 aromatic rings. The number of nitrogens with one attached hydrogen (secondary N) is 1. The Morgan fingerprint density at radius 3 is 2.38 bits per heavy atom. The normalized spacial score (nSPS) is 17.1. The van der Waals surface area contributed by atoms with Crippen molar-refractivity contribution in [3.05, 3.63) is 119 Å². The first-order valence-electron chi connectivity index (χ1n) is 16.6. The standard InChI is InChI=1S/C39H33N3O9S2/c1-22-8-14-29-31(16-22)51-32-18-27(50-23(2)43)11-15-30(32)41(29)39(48)49-19-25-9-12-28(13-10-25)52-20-26-21-53-37-34(36(45)42(37)35(26)38(46)47)40-33(44)17-24-6-4-3-5-7-24/h3-16,18,34,37H,17,19-21H2,1-2H3,(H,40,44)(H,46,47)/t34-,37-/m1/s1. The van der Waals surface area contributed by atoms with Gasteiger partial charge in [-0.25, -0.2) is 14.5 Å². The molecule has 0 spiro atoms. The number of ether oxygens (including phenoxy) is 3. The molecule has 0 saturated carbocycles. The molecule has 53 heavy (non-hydrogen) atoms. The van der Waals surface area contributed by atoms with Gasteiger partial charge in [-0.1, -0.05) is 48.5 Å². The summed E-state index contributed by atoms with van der Waals surface area (Å²) in [6, 6.07) is 26.0. The van der Waals surface area contributed by atoms with Crippen LogP contribution in [-0.4, -0.2) is 62.8 Å². The van der Waals surface area contributed by atoms with Crippen LogP contribution in [0.1, 0.15) is 23.6 Å². The van der Waals surface area contributed by atoms with E-state index in [9.17, 15) is 29.1 Å². The number of nitrogens with zero attached hydrogens (tertiary/aromatic N) is 2. The number of fused-ring (bicyclic) bond motifs is 3. The SMILES string of the molecule is CC(=O)Oc1ccc2c(c1)Oc1cc(C)ccc1N2C(=O)OCc1ccc(SCC2=C(C(=O)O)N3C(=O)[C@@H](NC(=O)Cc4ccccc4)[C@H]3SC2)cc1. The van der Waals surface area contributed by atoms with Crippen LogP contribution in [0.15, 0.2) is 107 Å². The van der Waals surface area contributed by atoms with Crippen molar-refractivity contribution in [2.24, 2.45) is 0 Å². The number of amides is 3. The predicted molar refractivity (Wildman–Crippen MR) is 198 cm³/mol. The van der Waals surface area contributed by atoms with Crippen molar-refractivity contribution in [1.82, 2.24) is 10.2 Å². The molecule has 14 heteroatoms. The van der Waals surface area contributed by atoms with Gasteiger partial charge in [-0.3, -0.25) is 19.3 Å². The van der Waals surface area contributed by atoms with Crippen LogP contribution >= 0.6 is 23.5 Å². The number of carbonyl (C=O) groups excluding carboxylic acids is 4. The van der Waals surface area contributed by atoms with E-state index in [0.29, 0.717) is 40.0 Å². The molecule has 1 fully saturated rings. The Bertz CT molecular complexity index is 2160. The molecule has 4 aromatic carbocycles. The molecule has 0 radical (unpaired) electrons. The Hall–Kier alpha value is -5.73. The maximum absolute atomic E-state index is 13.6. The van der Waals surface area contributed by atoms with E-state index < -0.39 is 35.4 Å². The third-order valence-electron chi connectivity index (χ3n) is 8.66. The smallest absolute Gasteiger partial charge is 0.419 e. The highest BCUT2D eigenvalue weighted by Gasteiger charge is 2.54. The minimum Gasteiger partial charge on any atom is -0.477 e. The Morgan fingerprint density at radius 1 is 0.943 bits per heavy atom. The van der Waals surface area contributed by atoms with E-state index in [0.717, 1.165) is 21.6 Å². The Kier molecular flexibility index (Phi) is 10.2. The molecule has 0 aromatic heterocycles. The van der Waals surface area contributed by atoms with Crippen LogP contribution in [0, 0.1) is 6.92 Å². The number of β-lactam (4-membered cyclic amide) rings is 1. The van der Waals surface area contributed by atoms with Gasteiger partial charge in [0.05, 0.1) is 17.8 Å². The van der Waals surface area contributed by atoms with Gasteiger partial charge < -0.3 is 24.6 Å². The molecule has 1 saturated heterocycles. The van der Waals surface area contributed by atoms with Crippen LogP contribution in [0.2, 0.25) is 0 Å². The number of aliphatic carboxylic acids is 1. The molecule has 7 rings (SSSR count). The monoisotopic (exact) mass is 751 g/mol. The Labute approximate surface area is 313 Å². The highest BCUT2D eigenvalue weighted by molar-refractivity contribution is 8.01. The van der Waals surface area contributed by atoms with Gasteiger partial charge in [0.2, 0.25) is 5.91 Å². The van der Waals surface area contributed by atoms with Crippen molar-refractivity contribution in [1.29, 1.82) is 0 Å². The van der Waals surface area contributed by atoms with Gasteiger partial charge in [0.15, 0.2) is 11.5 Å². The number of benzene rings is 4. The van der Waals surface area contributed by atoms with E-state index in [-0.39, 0.29) is 30.4 Å². The zero-order chi connectivity index (χ0) is 37.2. The number of anilines is 2. The summed E-state index contributed by atoms with van der Waals surface area (Å²) >= 11 is 2.86. The fourth-order valence-electron chi connectivity index (χ4n) is 6.19. The lowest BCUT2D eigenvalue weighted by Crippen LogP contribution is -2.70. The number of thioether (sulfide) groups is 2. The zero-order valence-electron chi connectivity index (χ0n) is 28.6. The van der Waals surface area contributed by atoms with Crippen LogP contribution in [0.25, 0.3) is 0 Å². The Balaban J connectivity index is 0.971. The first-order valence-corrected chi connectivity index (χ1v) is 18.6. The molecule has 2 atom stereocenters. The first-order chi connectivity index (χ1) is 25.5. The molecule has 270 valence electrons. The van der Waals surface area contributed by atoms with E-state index in [1.54, 1.807) is 30.3 Å². The minimum absolute atomic E-state index is 0.0182. The second-order valence-corrected chi connectivity index (χ2v) is 14.6. The quantitative estimate of drug-likeness (QED) is 0.0783. The highest BCUT2D eigenvalue weighted by Crippen LogP contribution is 2.48. The largest absolute Gasteiger partial charge is 0.477 e.